The first-order valence-corrected chi connectivity index (χ1v) is 5.42. The molecule has 0 radical (unpaired) electrons. The summed E-state index contributed by atoms with van der Waals surface area (Å²) in [5.74, 6) is 0. The van der Waals surface area contributed by atoms with Crippen molar-refractivity contribution in [1.82, 2.24) is 15.1 Å². The molecular formula is C10H12ClN3O. The van der Waals surface area contributed by atoms with Gasteiger partial charge in [0.25, 0.3) is 0 Å². The average molecular weight is 226 g/mol. The van der Waals surface area contributed by atoms with Gasteiger partial charge in [-0.15, -0.1) is 5.10 Å². The molecule has 0 saturated carbocycles. The van der Waals surface area contributed by atoms with E-state index in [0.717, 1.165) is 38.5 Å². The monoisotopic (exact) mass is 225 g/mol. The molecule has 0 unspecified atom stereocenters. The maximum atomic E-state index is 5.67. The van der Waals surface area contributed by atoms with Crippen LogP contribution in [0.25, 0.3) is 0 Å². The lowest BCUT2D eigenvalue weighted by Gasteiger charge is -2.55. The van der Waals surface area contributed by atoms with Crippen LogP contribution >= 0.6 is 11.6 Å². The highest BCUT2D eigenvalue weighted by molar-refractivity contribution is 6.29. The second-order valence-corrected chi connectivity index (χ2v) is 4.87. The summed E-state index contributed by atoms with van der Waals surface area (Å²) in [5, 5.41) is 8.31. The predicted octanol–water partition coefficient (Wildman–Crippen LogP) is 0.962. The van der Waals surface area contributed by atoms with E-state index in [2.05, 4.69) is 15.1 Å². The van der Waals surface area contributed by atoms with Gasteiger partial charge in [-0.3, -0.25) is 4.90 Å². The van der Waals surface area contributed by atoms with Crippen LogP contribution in [0.15, 0.2) is 12.1 Å². The Morgan fingerprint density at radius 1 is 1.33 bits per heavy atom. The summed E-state index contributed by atoms with van der Waals surface area (Å²) < 4.78 is 5.22. The largest absolute Gasteiger partial charge is 0.380 e. The van der Waals surface area contributed by atoms with Gasteiger partial charge in [-0.1, -0.05) is 11.6 Å². The first kappa shape index (κ1) is 9.51. The molecule has 0 amide bonds. The molecule has 0 N–H and O–H groups in total. The molecule has 5 heteroatoms. The van der Waals surface area contributed by atoms with Crippen LogP contribution in [0.3, 0.4) is 0 Å². The first-order valence-electron chi connectivity index (χ1n) is 5.04. The Bertz CT molecular complexity index is 355. The van der Waals surface area contributed by atoms with E-state index in [-0.39, 0.29) is 0 Å². The Labute approximate surface area is 93.2 Å². The highest BCUT2D eigenvalue weighted by Gasteiger charge is 2.48. The predicted molar refractivity (Wildman–Crippen MR) is 55.6 cm³/mol. The van der Waals surface area contributed by atoms with Crippen LogP contribution in [-0.4, -0.2) is 41.4 Å². The lowest BCUT2D eigenvalue weighted by molar-refractivity contribution is -0.191. The van der Waals surface area contributed by atoms with Gasteiger partial charge in [0.2, 0.25) is 0 Å². The lowest BCUT2D eigenvalue weighted by atomic mass is 9.78. The molecule has 2 fully saturated rings. The van der Waals surface area contributed by atoms with Crippen molar-refractivity contribution < 1.29 is 4.74 Å². The Hall–Kier alpha value is -0.710. The zero-order valence-electron chi connectivity index (χ0n) is 8.32. The molecule has 1 aromatic rings. The summed E-state index contributed by atoms with van der Waals surface area (Å²) in [6.45, 7) is 4.96. The molecule has 3 rings (SSSR count). The van der Waals surface area contributed by atoms with Crippen molar-refractivity contribution in [2.24, 2.45) is 5.41 Å². The number of hydrogen-bond donors (Lipinski definition) is 0. The van der Waals surface area contributed by atoms with E-state index < -0.39 is 0 Å². The minimum atomic E-state index is 0.450. The van der Waals surface area contributed by atoms with E-state index >= 15 is 0 Å². The number of likely N-dealkylation sites (tertiary alicyclic amines) is 1. The fraction of sp³-hybridized carbons (Fsp3) is 0.600. The third-order valence-electron chi connectivity index (χ3n) is 3.01. The van der Waals surface area contributed by atoms with Crippen LogP contribution in [0.4, 0.5) is 0 Å². The molecule has 3 heterocycles. The van der Waals surface area contributed by atoms with Crippen molar-refractivity contribution in [3.8, 4) is 0 Å². The van der Waals surface area contributed by atoms with Crippen LogP contribution in [-0.2, 0) is 11.3 Å². The Balaban J connectivity index is 1.56. The molecule has 80 valence electrons. The van der Waals surface area contributed by atoms with E-state index in [9.17, 15) is 0 Å². The number of aromatic nitrogens is 2. The van der Waals surface area contributed by atoms with Gasteiger partial charge in [0, 0.05) is 25.0 Å². The molecule has 0 aliphatic carbocycles. The van der Waals surface area contributed by atoms with Crippen LogP contribution < -0.4 is 0 Å². The van der Waals surface area contributed by atoms with Gasteiger partial charge in [-0.05, 0) is 12.1 Å². The van der Waals surface area contributed by atoms with Gasteiger partial charge < -0.3 is 4.74 Å². The summed E-state index contributed by atoms with van der Waals surface area (Å²) in [7, 11) is 0. The first-order chi connectivity index (χ1) is 7.26. The molecule has 0 aromatic carbocycles. The quantitative estimate of drug-likeness (QED) is 0.752. The molecule has 0 bridgehead atoms. The smallest absolute Gasteiger partial charge is 0.151 e. The molecule has 2 aliphatic heterocycles. The average Bonchev–Trinajstić information content (AvgIpc) is 2.10. The van der Waals surface area contributed by atoms with Crippen molar-refractivity contribution in [3.63, 3.8) is 0 Å². The normalized spacial score (nSPS) is 23.5. The molecule has 2 aliphatic rings. The molecular weight excluding hydrogens is 214 g/mol. The minimum absolute atomic E-state index is 0.450. The molecule has 1 spiro atoms. The van der Waals surface area contributed by atoms with Gasteiger partial charge in [-0.25, -0.2) is 0 Å². The van der Waals surface area contributed by atoms with Crippen molar-refractivity contribution in [1.29, 1.82) is 0 Å². The second kappa shape index (κ2) is 3.40. The third kappa shape index (κ3) is 1.73. The summed E-state index contributed by atoms with van der Waals surface area (Å²) >= 11 is 5.67. The van der Waals surface area contributed by atoms with Crippen LogP contribution in [0.2, 0.25) is 5.15 Å². The number of ether oxygens (including phenoxy) is 1. The van der Waals surface area contributed by atoms with Crippen molar-refractivity contribution in [2.75, 3.05) is 26.3 Å². The standard InChI is InChI=1S/C10H12ClN3O/c11-9-2-1-8(12-13-9)3-14-4-10(5-14)6-15-7-10/h1-2H,3-7H2. The fourth-order valence-electron chi connectivity index (χ4n) is 2.24. The van der Waals surface area contributed by atoms with Crippen molar-refractivity contribution in [3.05, 3.63) is 23.0 Å². The van der Waals surface area contributed by atoms with Gasteiger partial charge in [0.15, 0.2) is 5.15 Å². The summed E-state index contributed by atoms with van der Waals surface area (Å²) in [6.07, 6.45) is 0. The van der Waals surface area contributed by atoms with Crippen LogP contribution in [0, 0.1) is 5.41 Å². The van der Waals surface area contributed by atoms with E-state index in [1.807, 2.05) is 6.07 Å². The van der Waals surface area contributed by atoms with E-state index in [1.165, 1.54) is 0 Å². The highest BCUT2D eigenvalue weighted by Crippen LogP contribution is 2.37. The Morgan fingerprint density at radius 2 is 2.13 bits per heavy atom. The molecule has 0 atom stereocenters. The van der Waals surface area contributed by atoms with Crippen molar-refractivity contribution in [2.45, 2.75) is 6.54 Å². The Morgan fingerprint density at radius 3 is 2.67 bits per heavy atom. The SMILES string of the molecule is Clc1ccc(CN2CC3(COC3)C2)nn1. The summed E-state index contributed by atoms with van der Waals surface area (Å²) in [6, 6.07) is 3.71. The molecule has 1 aromatic heterocycles. The van der Waals surface area contributed by atoms with E-state index in [1.54, 1.807) is 6.07 Å². The van der Waals surface area contributed by atoms with Crippen molar-refractivity contribution >= 4 is 11.6 Å². The van der Waals surface area contributed by atoms with Crippen LogP contribution in [0.1, 0.15) is 5.69 Å². The van der Waals surface area contributed by atoms with Gasteiger partial charge in [0.1, 0.15) is 0 Å². The van der Waals surface area contributed by atoms with E-state index in [4.69, 9.17) is 16.3 Å². The van der Waals surface area contributed by atoms with Gasteiger partial charge >= 0.3 is 0 Å². The molecule has 15 heavy (non-hydrogen) atoms. The summed E-state index contributed by atoms with van der Waals surface area (Å²) in [5.41, 5.74) is 1.45. The maximum absolute atomic E-state index is 5.67. The zero-order valence-corrected chi connectivity index (χ0v) is 9.07. The number of halogens is 1. The zero-order chi connectivity index (χ0) is 10.3. The lowest BCUT2D eigenvalue weighted by Crippen LogP contribution is -2.65. The molecule has 4 nitrogen and oxygen atoms in total. The second-order valence-electron chi connectivity index (χ2n) is 4.49. The van der Waals surface area contributed by atoms with E-state index in [0.29, 0.717) is 10.6 Å². The minimum Gasteiger partial charge on any atom is -0.380 e. The number of rotatable bonds is 2. The Kier molecular flexibility index (Phi) is 2.16. The highest BCUT2D eigenvalue weighted by atomic mass is 35.5. The fourth-order valence-corrected chi connectivity index (χ4v) is 2.35. The van der Waals surface area contributed by atoms with Crippen LogP contribution in [0.5, 0.6) is 0 Å². The van der Waals surface area contributed by atoms with Gasteiger partial charge in [-0.2, -0.15) is 5.10 Å². The maximum Gasteiger partial charge on any atom is 0.151 e. The number of hydrogen-bond acceptors (Lipinski definition) is 4. The summed E-state index contributed by atoms with van der Waals surface area (Å²) in [4.78, 5) is 2.36. The molecule has 2 saturated heterocycles. The van der Waals surface area contributed by atoms with Gasteiger partial charge in [0.05, 0.1) is 18.9 Å². The topological polar surface area (TPSA) is 38.2 Å². The third-order valence-corrected chi connectivity index (χ3v) is 3.21. The number of nitrogens with zero attached hydrogens (tertiary/aromatic N) is 3.